The van der Waals surface area contributed by atoms with Crippen LogP contribution in [0.2, 0.25) is 0 Å². The number of nitrogens with one attached hydrogen (secondary N) is 1. The van der Waals surface area contributed by atoms with Crippen molar-refractivity contribution in [3.05, 3.63) is 30.1 Å². The lowest BCUT2D eigenvalue weighted by molar-refractivity contribution is 0.431. The van der Waals surface area contributed by atoms with Gasteiger partial charge in [0.2, 0.25) is 0 Å². The summed E-state index contributed by atoms with van der Waals surface area (Å²) in [6, 6.07) is 5.59. The highest BCUT2D eigenvalue weighted by Gasteiger charge is 2.27. The molecular weight excluding hydrogens is 269 g/mol. The molecule has 7 heteroatoms. The van der Waals surface area contributed by atoms with Crippen molar-refractivity contribution in [3.63, 3.8) is 0 Å². The molecule has 0 bridgehead atoms. The van der Waals surface area contributed by atoms with Gasteiger partial charge >= 0.3 is 10.2 Å². The molecule has 0 aromatic heterocycles. The summed E-state index contributed by atoms with van der Waals surface area (Å²) >= 11 is 0. The Kier molecular flexibility index (Phi) is 4.38. The summed E-state index contributed by atoms with van der Waals surface area (Å²) in [4.78, 5) is 0. The molecule has 0 radical (unpaired) electrons. The predicted octanol–water partition coefficient (Wildman–Crippen LogP) is 0.802. The SMILES string of the molecule is CN(c1cccc(F)c1)S(=O)(=O)N1CCCNCC1. The van der Waals surface area contributed by atoms with Crippen LogP contribution >= 0.6 is 0 Å². The van der Waals surface area contributed by atoms with Crippen LogP contribution in [0.25, 0.3) is 0 Å². The van der Waals surface area contributed by atoms with Crippen molar-refractivity contribution in [2.24, 2.45) is 0 Å². The Morgan fingerprint density at radius 2 is 2.11 bits per heavy atom. The highest BCUT2D eigenvalue weighted by Crippen LogP contribution is 2.19. The Balaban J connectivity index is 2.22. The standard InChI is InChI=1S/C12H18FN3O2S/c1-15(12-5-2-4-11(13)10-12)19(17,18)16-8-3-6-14-7-9-16/h2,4-5,10,14H,3,6-9H2,1H3. The summed E-state index contributed by atoms with van der Waals surface area (Å²) in [6.45, 7) is 2.36. The molecule has 1 saturated heterocycles. The van der Waals surface area contributed by atoms with Gasteiger partial charge in [0.05, 0.1) is 5.69 Å². The van der Waals surface area contributed by atoms with E-state index >= 15 is 0 Å². The smallest absolute Gasteiger partial charge is 0.303 e. The van der Waals surface area contributed by atoms with E-state index in [9.17, 15) is 12.8 Å². The van der Waals surface area contributed by atoms with Crippen LogP contribution < -0.4 is 9.62 Å². The van der Waals surface area contributed by atoms with E-state index in [2.05, 4.69) is 5.32 Å². The molecule has 1 aliphatic rings. The fourth-order valence-electron chi connectivity index (χ4n) is 2.03. The van der Waals surface area contributed by atoms with Gasteiger partial charge in [-0.05, 0) is 31.2 Å². The fraction of sp³-hybridized carbons (Fsp3) is 0.500. The summed E-state index contributed by atoms with van der Waals surface area (Å²) in [6.07, 6.45) is 0.774. The number of hydrogen-bond acceptors (Lipinski definition) is 3. The molecule has 1 aromatic carbocycles. The number of hydrogen-bond donors (Lipinski definition) is 1. The van der Waals surface area contributed by atoms with E-state index in [0.29, 0.717) is 25.3 Å². The number of benzene rings is 1. The number of halogens is 1. The molecule has 1 N–H and O–H groups in total. The van der Waals surface area contributed by atoms with Crippen molar-refractivity contribution in [2.45, 2.75) is 6.42 Å². The fourth-order valence-corrected chi connectivity index (χ4v) is 3.44. The molecule has 0 saturated carbocycles. The van der Waals surface area contributed by atoms with E-state index in [1.165, 1.54) is 29.6 Å². The van der Waals surface area contributed by atoms with Crippen molar-refractivity contribution >= 4 is 15.9 Å². The van der Waals surface area contributed by atoms with Gasteiger partial charge in [0.25, 0.3) is 0 Å². The van der Waals surface area contributed by atoms with Crippen LogP contribution in [0.3, 0.4) is 0 Å². The van der Waals surface area contributed by atoms with Crippen molar-refractivity contribution in [1.29, 1.82) is 0 Å². The van der Waals surface area contributed by atoms with E-state index in [-0.39, 0.29) is 0 Å². The van der Waals surface area contributed by atoms with Crippen LogP contribution in [0.15, 0.2) is 24.3 Å². The third kappa shape index (κ3) is 3.23. The molecule has 0 unspecified atom stereocenters. The zero-order chi connectivity index (χ0) is 13.9. The van der Waals surface area contributed by atoms with Crippen molar-refractivity contribution < 1.29 is 12.8 Å². The van der Waals surface area contributed by atoms with Gasteiger partial charge in [-0.15, -0.1) is 0 Å². The largest absolute Gasteiger partial charge is 0.315 e. The van der Waals surface area contributed by atoms with Crippen LogP contribution in [-0.2, 0) is 10.2 Å². The zero-order valence-electron chi connectivity index (χ0n) is 10.8. The quantitative estimate of drug-likeness (QED) is 0.895. The first-order valence-electron chi connectivity index (χ1n) is 6.22. The van der Waals surface area contributed by atoms with Gasteiger partial charge in [0.15, 0.2) is 0 Å². The van der Waals surface area contributed by atoms with Crippen molar-refractivity contribution in [2.75, 3.05) is 37.5 Å². The summed E-state index contributed by atoms with van der Waals surface area (Å²) in [5.41, 5.74) is 0.331. The van der Waals surface area contributed by atoms with Gasteiger partial charge < -0.3 is 5.32 Å². The molecule has 0 atom stereocenters. The normalized spacial score (nSPS) is 18.0. The Hall–Kier alpha value is -1.18. The average molecular weight is 287 g/mol. The third-order valence-electron chi connectivity index (χ3n) is 3.14. The van der Waals surface area contributed by atoms with Gasteiger partial charge in [-0.2, -0.15) is 12.7 Å². The van der Waals surface area contributed by atoms with Crippen LogP contribution in [0.5, 0.6) is 0 Å². The minimum atomic E-state index is -3.60. The molecule has 1 fully saturated rings. The Bertz CT molecular complexity index is 528. The molecule has 5 nitrogen and oxygen atoms in total. The molecule has 0 aliphatic carbocycles. The first-order valence-corrected chi connectivity index (χ1v) is 7.62. The van der Waals surface area contributed by atoms with Gasteiger partial charge in [-0.25, -0.2) is 4.39 Å². The maximum absolute atomic E-state index is 13.2. The lowest BCUT2D eigenvalue weighted by Crippen LogP contribution is -2.43. The first-order chi connectivity index (χ1) is 9.01. The van der Waals surface area contributed by atoms with Crippen LogP contribution in [-0.4, -0.2) is 45.9 Å². The van der Waals surface area contributed by atoms with E-state index < -0.39 is 16.0 Å². The van der Waals surface area contributed by atoms with E-state index in [1.54, 1.807) is 6.07 Å². The van der Waals surface area contributed by atoms with Crippen LogP contribution in [0.4, 0.5) is 10.1 Å². The highest BCUT2D eigenvalue weighted by molar-refractivity contribution is 7.90. The average Bonchev–Trinajstić information content (AvgIpc) is 2.67. The maximum atomic E-state index is 13.2. The molecule has 106 valence electrons. The Labute approximate surface area is 113 Å². The molecule has 1 aromatic rings. The number of anilines is 1. The molecule has 2 rings (SSSR count). The molecule has 19 heavy (non-hydrogen) atoms. The number of rotatable bonds is 3. The maximum Gasteiger partial charge on any atom is 0.303 e. The van der Waals surface area contributed by atoms with Crippen molar-refractivity contribution in [3.8, 4) is 0 Å². The first kappa shape index (κ1) is 14.2. The molecule has 1 heterocycles. The van der Waals surface area contributed by atoms with E-state index in [4.69, 9.17) is 0 Å². The van der Waals surface area contributed by atoms with E-state index in [1.807, 2.05) is 0 Å². The lowest BCUT2D eigenvalue weighted by Gasteiger charge is -2.27. The van der Waals surface area contributed by atoms with Crippen LogP contribution in [0.1, 0.15) is 6.42 Å². The lowest BCUT2D eigenvalue weighted by atomic mass is 10.3. The van der Waals surface area contributed by atoms with Gasteiger partial charge in [-0.1, -0.05) is 6.07 Å². The highest BCUT2D eigenvalue weighted by atomic mass is 32.2. The minimum absolute atomic E-state index is 0.331. The van der Waals surface area contributed by atoms with Gasteiger partial charge in [-0.3, -0.25) is 4.31 Å². The van der Waals surface area contributed by atoms with Crippen molar-refractivity contribution in [1.82, 2.24) is 9.62 Å². The second kappa shape index (κ2) is 5.85. The minimum Gasteiger partial charge on any atom is -0.315 e. The molecule has 0 amide bonds. The second-order valence-corrected chi connectivity index (χ2v) is 6.42. The Morgan fingerprint density at radius 1 is 1.32 bits per heavy atom. The van der Waals surface area contributed by atoms with Gasteiger partial charge in [0.1, 0.15) is 5.82 Å². The Morgan fingerprint density at radius 3 is 2.84 bits per heavy atom. The predicted molar refractivity (Wildman–Crippen MR) is 72.8 cm³/mol. The summed E-state index contributed by atoms with van der Waals surface area (Å²) < 4.78 is 40.6. The molecule has 0 spiro atoms. The molecular formula is C12H18FN3O2S. The summed E-state index contributed by atoms with van der Waals surface area (Å²) in [5, 5.41) is 3.15. The summed E-state index contributed by atoms with van der Waals surface area (Å²) in [5.74, 6) is -0.447. The summed E-state index contributed by atoms with van der Waals surface area (Å²) in [7, 11) is -2.15. The third-order valence-corrected chi connectivity index (χ3v) is 5.06. The van der Waals surface area contributed by atoms with E-state index in [0.717, 1.165) is 17.3 Å². The second-order valence-electron chi connectivity index (χ2n) is 4.46. The van der Waals surface area contributed by atoms with Gasteiger partial charge in [0, 0.05) is 26.7 Å². The monoisotopic (exact) mass is 287 g/mol. The topological polar surface area (TPSA) is 52.7 Å². The molecule has 1 aliphatic heterocycles. The number of nitrogens with zero attached hydrogens (tertiary/aromatic N) is 2. The zero-order valence-corrected chi connectivity index (χ0v) is 11.7. The van der Waals surface area contributed by atoms with Crippen LogP contribution in [0, 0.1) is 5.82 Å².